The predicted molar refractivity (Wildman–Crippen MR) is 84.1 cm³/mol. The van der Waals surface area contributed by atoms with Crippen LogP contribution < -0.4 is 9.62 Å². The van der Waals surface area contributed by atoms with Crippen LogP contribution in [0.4, 0.5) is 5.69 Å². The first kappa shape index (κ1) is 16.5. The van der Waals surface area contributed by atoms with Gasteiger partial charge in [0.1, 0.15) is 0 Å². The van der Waals surface area contributed by atoms with E-state index in [0.29, 0.717) is 12.1 Å². The van der Waals surface area contributed by atoms with Gasteiger partial charge in [-0.3, -0.25) is 9.59 Å². The molecule has 6 nitrogen and oxygen atoms in total. The summed E-state index contributed by atoms with van der Waals surface area (Å²) in [6.07, 6.45) is 0.804. The van der Waals surface area contributed by atoms with Gasteiger partial charge in [0.15, 0.2) is 0 Å². The molecule has 2 rings (SSSR count). The second-order valence-corrected chi connectivity index (χ2v) is 7.83. The Kier molecular flexibility index (Phi) is 4.28. The van der Waals surface area contributed by atoms with Crippen LogP contribution in [0, 0.1) is 5.41 Å². The third-order valence-electron chi connectivity index (χ3n) is 3.46. The summed E-state index contributed by atoms with van der Waals surface area (Å²) in [5.74, 6) is -0.990. The lowest BCUT2D eigenvalue weighted by Gasteiger charge is -2.18. The lowest BCUT2D eigenvalue weighted by molar-refractivity contribution is -0.123. The Labute approximate surface area is 130 Å². The van der Waals surface area contributed by atoms with Crippen LogP contribution in [0.1, 0.15) is 37.6 Å². The molecule has 1 aromatic carbocycles. The van der Waals surface area contributed by atoms with Crippen LogP contribution in [-0.2, 0) is 14.8 Å². The first-order valence-electron chi connectivity index (χ1n) is 7.15. The van der Waals surface area contributed by atoms with Crippen LogP contribution in [0.2, 0.25) is 0 Å². The number of nitrogens with zero attached hydrogens (tertiary/aromatic N) is 1. The second-order valence-electron chi connectivity index (χ2n) is 6.02. The van der Waals surface area contributed by atoms with Gasteiger partial charge in [-0.1, -0.05) is 13.0 Å². The van der Waals surface area contributed by atoms with Gasteiger partial charge in [0, 0.05) is 12.1 Å². The molecule has 1 aromatic rings. The van der Waals surface area contributed by atoms with Gasteiger partial charge in [-0.25, -0.2) is 12.7 Å². The summed E-state index contributed by atoms with van der Waals surface area (Å²) in [6.45, 7) is 5.68. The highest BCUT2D eigenvalue weighted by atomic mass is 32.2. The molecule has 1 saturated heterocycles. The van der Waals surface area contributed by atoms with E-state index in [1.807, 2.05) is 6.92 Å². The summed E-state index contributed by atoms with van der Waals surface area (Å²) in [5, 5.41) is 2.72. The third-order valence-corrected chi connectivity index (χ3v) is 5.48. The van der Waals surface area contributed by atoms with E-state index >= 15 is 0 Å². The molecular formula is C15H20N2O4S. The highest BCUT2D eigenvalue weighted by Gasteiger charge is 2.49. The molecule has 1 N–H and O–H groups in total. The SMILES string of the molecule is CCCNC(=O)c1cccc(N2C(=O)C(C)(C)CS2(=O)=O)c1. The van der Waals surface area contributed by atoms with Crippen molar-refractivity contribution < 1.29 is 18.0 Å². The smallest absolute Gasteiger partial charge is 0.251 e. The molecule has 2 amide bonds. The van der Waals surface area contributed by atoms with E-state index < -0.39 is 21.3 Å². The molecule has 1 aliphatic rings. The number of hydrogen-bond acceptors (Lipinski definition) is 4. The van der Waals surface area contributed by atoms with Crippen molar-refractivity contribution in [3.63, 3.8) is 0 Å². The molecule has 0 unspecified atom stereocenters. The molecule has 1 fully saturated rings. The van der Waals surface area contributed by atoms with Gasteiger partial charge in [0.2, 0.25) is 15.9 Å². The minimum atomic E-state index is -3.70. The molecule has 1 aliphatic heterocycles. The van der Waals surface area contributed by atoms with E-state index in [4.69, 9.17) is 0 Å². The van der Waals surface area contributed by atoms with E-state index in [9.17, 15) is 18.0 Å². The first-order valence-corrected chi connectivity index (χ1v) is 8.75. The topological polar surface area (TPSA) is 83.6 Å². The maximum absolute atomic E-state index is 12.3. The number of carbonyl (C=O) groups is 2. The molecule has 0 atom stereocenters. The third kappa shape index (κ3) is 2.99. The maximum atomic E-state index is 12.3. The van der Waals surface area contributed by atoms with Gasteiger partial charge in [0.05, 0.1) is 16.9 Å². The Bertz CT molecular complexity index is 710. The zero-order valence-electron chi connectivity index (χ0n) is 12.9. The van der Waals surface area contributed by atoms with E-state index in [-0.39, 0.29) is 17.3 Å². The molecule has 0 spiro atoms. The lowest BCUT2D eigenvalue weighted by atomic mass is 9.95. The number of amides is 2. The number of carbonyl (C=O) groups excluding carboxylic acids is 2. The molecule has 0 radical (unpaired) electrons. The summed E-state index contributed by atoms with van der Waals surface area (Å²) in [5.41, 5.74) is -0.419. The quantitative estimate of drug-likeness (QED) is 0.910. The number of rotatable bonds is 4. The van der Waals surface area contributed by atoms with Crippen molar-refractivity contribution in [1.82, 2.24) is 5.32 Å². The van der Waals surface area contributed by atoms with Crippen LogP contribution in [-0.4, -0.2) is 32.5 Å². The fourth-order valence-corrected chi connectivity index (χ4v) is 4.47. The van der Waals surface area contributed by atoms with Crippen molar-refractivity contribution in [1.29, 1.82) is 0 Å². The van der Waals surface area contributed by atoms with Crippen molar-refractivity contribution in [3.8, 4) is 0 Å². The van der Waals surface area contributed by atoms with Crippen LogP contribution in [0.3, 0.4) is 0 Å². The van der Waals surface area contributed by atoms with Gasteiger partial charge in [-0.15, -0.1) is 0 Å². The predicted octanol–water partition coefficient (Wildman–Crippen LogP) is 1.53. The molecule has 22 heavy (non-hydrogen) atoms. The van der Waals surface area contributed by atoms with Crippen LogP contribution in [0.25, 0.3) is 0 Å². The first-order chi connectivity index (χ1) is 10.2. The van der Waals surface area contributed by atoms with Crippen molar-refractivity contribution in [3.05, 3.63) is 29.8 Å². The van der Waals surface area contributed by atoms with Crippen molar-refractivity contribution >= 4 is 27.5 Å². The summed E-state index contributed by atoms with van der Waals surface area (Å²) < 4.78 is 25.3. The number of anilines is 1. The minimum absolute atomic E-state index is 0.208. The summed E-state index contributed by atoms with van der Waals surface area (Å²) in [4.78, 5) is 24.3. The van der Waals surface area contributed by atoms with E-state index in [2.05, 4.69) is 5.32 Å². The van der Waals surface area contributed by atoms with E-state index in [1.165, 1.54) is 12.1 Å². The largest absolute Gasteiger partial charge is 0.352 e. The van der Waals surface area contributed by atoms with E-state index in [1.54, 1.807) is 26.0 Å². The highest BCUT2D eigenvalue weighted by Crippen LogP contribution is 2.35. The molecular weight excluding hydrogens is 304 g/mol. The number of benzene rings is 1. The lowest BCUT2D eigenvalue weighted by Crippen LogP contribution is -2.33. The van der Waals surface area contributed by atoms with Gasteiger partial charge < -0.3 is 5.32 Å². The Morgan fingerprint density at radius 3 is 2.59 bits per heavy atom. The van der Waals surface area contributed by atoms with Crippen molar-refractivity contribution in [2.45, 2.75) is 27.2 Å². The number of hydrogen-bond donors (Lipinski definition) is 1. The van der Waals surface area contributed by atoms with Crippen LogP contribution in [0.5, 0.6) is 0 Å². The molecule has 0 aliphatic carbocycles. The average Bonchev–Trinajstić information content (AvgIpc) is 2.60. The molecule has 1 heterocycles. The molecule has 0 bridgehead atoms. The van der Waals surface area contributed by atoms with Crippen molar-refractivity contribution in [2.75, 3.05) is 16.6 Å². The summed E-state index contributed by atoms with van der Waals surface area (Å²) >= 11 is 0. The van der Waals surface area contributed by atoms with Crippen LogP contribution in [0.15, 0.2) is 24.3 Å². The van der Waals surface area contributed by atoms with Crippen molar-refractivity contribution in [2.24, 2.45) is 5.41 Å². The van der Waals surface area contributed by atoms with Gasteiger partial charge in [0.25, 0.3) is 5.91 Å². The Morgan fingerprint density at radius 2 is 2.05 bits per heavy atom. The zero-order valence-corrected chi connectivity index (χ0v) is 13.7. The Hall–Kier alpha value is -1.89. The fourth-order valence-electron chi connectivity index (χ4n) is 2.38. The molecule has 120 valence electrons. The van der Waals surface area contributed by atoms with Gasteiger partial charge in [-0.05, 0) is 38.5 Å². The minimum Gasteiger partial charge on any atom is -0.352 e. The number of sulfonamides is 1. The standard InChI is InChI=1S/C15H20N2O4S/c1-4-8-16-13(18)11-6-5-7-12(9-11)17-14(19)15(2,3)10-22(17,20)21/h5-7,9H,4,8,10H2,1-3H3,(H,16,18). The van der Waals surface area contributed by atoms with Gasteiger partial charge >= 0.3 is 0 Å². The maximum Gasteiger partial charge on any atom is 0.251 e. The molecule has 0 saturated carbocycles. The number of nitrogens with one attached hydrogen (secondary N) is 1. The summed E-state index contributed by atoms with van der Waals surface area (Å²) in [6, 6.07) is 6.12. The Morgan fingerprint density at radius 1 is 1.36 bits per heavy atom. The molecule has 0 aromatic heterocycles. The summed E-state index contributed by atoms with van der Waals surface area (Å²) in [7, 11) is -3.70. The second kappa shape index (κ2) is 5.72. The molecule has 7 heteroatoms. The Balaban J connectivity index is 2.38. The average molecular weight is 324 g/mol. The highest BCUT2D eigenvalue weighted by molar-refractivity contribution is 7.94. The fraction of sp³-hybridized carbons (Fsp3) is 0.467. The monoisotopic (exact) mass is 324 g/mol. The van der Waals surface area contributed by atoms with E-state index in [0.717, 1.165) is 10.7 Å². The normalized spacial score (nSPS) is 19.2. The van der Waals surface area contributed by atoms with Gasteiger partial charge in [-0.2, -0.15) is 0 Å². The zero-order chi connectivity index (χ0) is 16.5. The van der Waals surface area contributed by atoms with Crippen LogP contribution >= 0.6 is 0 Å².